The van der Waals surface area contributed by atoms with Gasteiger partial charge in [0.15, 0.2) is 10.0 Å². The zero-order valence-corrected chi connectivity index (χ0v) is 17.4. The number of nitrogens with zero attached hydrogens (tertiary/aromatic N) is 2. The van der Waals surface area contributed by atoms with Gasteiger partial charge in [0.1, 0.15) is 5.82 Å². The molecular weight excluding hydrogens is 457 g/mol. The van der Waals surface area contributed by atoms with E-state index in [0.717, 1.165) is 6.42 Å². The molecule has 3 rings (SSSR count). The summed E-state index contributed by atoms with van der Waals surface area (Å²) in [5, 5.41) is 13.5. The van der Waals surface area contributed by atoms with Gasteiger partial charge in [-0.05, 0) is 24.6 Å². The molecule has 0 saturated carbocycles. The Labute approximate surface area is 172 Å². The molecule has 27 heavy (non-hydrogen) atoms. The lowest BCUT2D eigenvalue weighted by atomic mass is 10.2. The maximum atomic E-state index is 13.9. The molecular formula is C17H17BrFN3O3S2. The van der Waals surface area contributed by atoms with Crippen LogP contribution in [0.5, 0.6) is 0 Å². The van der Waals surface area contributed by atoms with Gasteiger partial charge >= 0.3 is 5.97 Å². The molecule has 0 radical (unpaired) electrons. The van der Waals surface area contributed by atoms with Crippen LogP contribution in [0.1, 0.15) is 23.3 Å². The maximum Gasteiger partial charge on any atom is 0.355 e. The van der Waals surface area contributed by atoms with Crippen molar-refractivity contribution in [3.8, 4) is 0 Å². The second kappa shape index (κ2) is 9.03. The summed E-state index contributed by atoms with van der Waals surface area (Å²) >= 11 is 5.94. The summed E-state index contributed by atoms with van der Waals surface area (Å²) in [4.78, 5) is 28.9. The van der Waals surface area contributed by atoms with Crippen LogP contribution >= 0.6 is 39.0 Å². The van der Waals surface area contributed by atoms with Crippen molar-refractivity contribution in [1.82, 2.24) is 9.88 Å². The first kappa shape index (κ1) is 20.1. The Hall–Kier alpha value is -1.65. The average Bonchev–Trinajstić information content (AvgIpc) is 3.22. The lowest BCUT2D eigenvalue weighted by Crippen LogP contribution is -2.39. The number of aromatic carboxylic acids is 1. The zero-order valence-electron chi connectivity index (χ0n) is 14.2. The van der Waals surface area contributed by atoms with Gasteiger partial charge in [-0.15, -0.1) is 11.3 Å². The molecule has 144 valence electrons. The van der Waals surface area contributed by atoms with Crippen molar-refractivity contribution in [2.24, 2.45) is 0 Å². The highest BCUT2D eigenvalue weighted by molar-refractivity contribution is 9.10. The van der Waals surface area contributed by atoms with Crippen LogP contribution in [-0.2, 0) is 4.79 Å². The van der Waals surface area contributed by atoms with Crippen molar-refractivity contribution in [1.29, 1.82) is 0 Å². The number of likely N-dealkylation sites (tertiary alicyclic amines) is 1. The third kappa shape index (κ3) is 5.20. The highest BCUT2D eigenvalue weighted by atomic mass is 79.9. The van der Waals surface area contributed by atoms with Crippen LogP contribution in [0.25, 0.3) is 0 Å². The first-order valence-electron chi connectivity index (χ1n) is 8.24. The molecule has 2 aromatic rings. The number of carbonyl (C=O) groups excluding carboxylic acids is 1. The van der Waals surface area contributed by atoms with Crippen molar-refractivity contribution >= 4 is 56.6 Å². The predicted molar refractivity (Wildman–Crippen MR) is 107 cm³/mol. The number of hydrogen-bond donors (Lipinski definition) is 2. The number of nitrogens with one attached hydrogen (secondary N) is 1. The Kier molecular flexibility index (Phi) is 6.72. The molecule has 10 heteroatoms. The van der Waals surface area contributed by atoms with E-state index in [1.54, 1.807) is 12.1 Å². The number of anilines is 1. The largest absolute Gasteiger partial charge is 0.476 e. The Balaban J connectivity index is 1.52. The molecule has 1 amide bonds. The minimum absolute atomic E-state index is 0.00650. The van der Waals surface area contributed by atoms with Gasteiger partial charge in [0, 0.05) is 41.2 Å². The van der Waals surface area contributed by atoms with E-state index in [-0.39, 0.29) is 23.5 Å². The van der Waals surface area contributed by atoms with Crippen LogP contribution in [0.3, 0.4) is 0 Å². The number of carboxylic acid groups (broad SMARTS) is 1. The number of aromatic nitrogens is 1. The second-order valence-electron chi connectivity index (χ2n) is 5.94. The number of carboxylic acids is 1. The summed E-state index contributed by atoms with van der Waals surface area (Å²) < 4.78 is 15.3. The smallest absolute Gasteiger partial charge is 0.355 e. The van der Waals surface area contributed by atoms with Crippen LogP contribution in [0, 0.1) is 5.82 Å². The van der Waals surface area contributed by atoms with Crippen LogP contribution in [0.2, 0.25) is 0 Å². The third-order valence-electron chi connectivity index (χ3n) is 4.17. The summed E-state index contributed by atoms with van der Waals surface area (Å²) in [5.74, 6) is -0.668. The molecule has 2 heterocycles. The standard InChI is InChI=1S/C17H17BrFN3O3S2/c18-10-1-3-13(12(19)7-10)20-8-11-2-4-15(23)22(11)5-6-26-17-21-14(9-27-17)16(24)25/h1,3,7,9,11,20H,2,4-6,8H2,(H,24,25)/t11-/m1/s1. The highest BCUT2D eigenvalue weighted by Gasteiger charge is 2.30. The predicted octanol–water partition coefficient (Wildman–Crippen LogP) is 3.94. The van der Waals surface area contributed by atoms with Gasteiger partial charge in [0.25, 0.3) is 0 Å². The summed E-state index contributed by atoms with van der Waals surface area (Å²) in [7, 11) is 0. The fourth-order valence-corrected chi connectivity index (χ4v) is 4.97. The molecule has 1 atom stereocenters. The monoisotopic (exact) mass is 473 g/mol. The van der Waals surface area contributed by atoms with Gasteiger partial charge in [0.2, 0.25) is 5.91 Å². The van der Waals surface area contributed by atoms with Crippen LogP contribution in [0.15, 0.2) is 32.4 Å². The highest BCUT2D eigenvalue weighted by Crippen LogP contribution is 2.26. The normalized spacial score (nSPS) is 16.7. The number of halogens is 2. The average molecular weight is 474 g/mol. The van der Waals surface area contributed by atoms with E-state index in [9.17, 15) is 14.0 Å². The molecule has 0 bridgehead atoms. The molecule has 2 N–H and O–H groups in total. The summed E-state index contributed by atoms with van der Waals surface area (Å²) in [6, 6.07) is 4.83. The maximum absolute atomic E-state index is 13.9. The second-order valence-corrected chi connectivity index (χ2v) is 9.05. The number of carbonyl (C=O) groups is 2. The van der Waals surface area contributed by atoms with Crippen LogP contribution in [0.4, 0.5) is 10.1 Å². The number of amides is 1. The lowest BCUT2D eigenvalue weighted by Gasteiger charge is -2.25. The molecule has 0 unspecified atom stereocenters. The summed E-state index contributed by atoms with van der Waals surface area (Å²) in [6.45, 7) is 1.02. The topological polar surface area (TPSA) is 82.5 Å². The van der Waals surface area contributed by atoms with Crippen molar-refractivity contribution in [3.63, 3.8) is 0 Å². The van der Waals surface area contributed by atoms with Crippen LogP contribution in [-0.4, -0.2) is 51.8 Å². The minimum Gasteiger partial charge on any atom is -0.476 e. The van der Waals surface area contributed by atoms with Gasteiger partial charge in [-0.2, -0.15) is 0 Å². The Morgan fingerprint density at radius 2 is 2.33 bits per heavy atom. The molecule has 1 saturated heterocycles. The van der Waals surface area contributed by atoms with E-state index in [1.807, 2.05) is 4.90 Å². The first-order valence-corrected chi connectivity index (χ1v) is 10.9. The SMILES string of the molecule is O=C(O)c1csc(SCCN2C(=O)CC[C@@H]2CNc2ccc(Br)cc2F)n1. The van der Waals surface area contributed by atoms with Crippen LogP contribution < -0.4 is 5.32 Å². The molecule has 1 aliphatic rings. The molecule has 1 aromatic carbocycles. The van der Waals surface area contributed by atoms with E-state index in [4.69, 9.17) is 5.11 Å². The van der Waals surface area contributed by atoms with Gasteiger partial charge in [0.05, 0.1) is 5.69 Å². The van der Waals surface area contributed by atoms with E-state index in [1.165, 1.54) is 34.5 Å². The van der Waals surface area contributed by atoms with Gasteiger partial charge in [-0.3, -0.25) is 4.79 Å². The molecule has 1 fully saturated rings. The number of hydrogen-bond acceptors (Lipinski definition) is 6. The van der Waals surface area contributed by atoms with Gasteiger partial charge in [-0.1, -0.05) is 27.7 Å². The lowest BCUT2D eigenvalue weighted by molar-refractivity contribution is -0.128. The Morgan fingerprint density at radius 1 is 1.52 bits per heavy atom. The van der Waals surface area contributed by atoms with E-state index in [0.29, 0.717) is 39.8 Å². The van der Waals surface area contributed by atoms with E-state index in [2.05, 4.69) is 26.2 Å². The van der Waals surface area contributed by atoms with Crippen molar-refractivity contribution in [2.45, 2.75) is 23.2 Å². The van der Waals surface area contributed by atoms with Crippen molar-refractivity contribution < 1.29 is 19.1 Å². The fourth-order valence-electron chi connectivity index (χ4n) is 2.83. The number of thioether (sulfide) groups is 1. The van der Waals surface area contributed by atoms with E-state index >= 15 is 0 Å². The number of rotatable bonds is 8. The van der Waals surface area contributed by atoms with Crippen molar-refractivity contribution in [3.05, 3.63) is 39.6 Å². The summed E-state index contributed by atoms with van der Waals surface area (Å²) in [6.07, 6.45) is 1.22. The number of benzene rings is 1. The molecule has 0 aliphatic carbocycles. The molecule has 0 spiro atoms. The van der Waals surface area contributed by atoms with Gasteiger partial charge in [-0.25, -0.2) is 14.2 Å². The third-order valence-corrected chi connectivity index (χ3v) is 6.67. The molecule has 6 nitrogen and oxygen atoms in total. The minimum atomic E-state index is -1.04. The first-order chi connectivity index (χ1) is 12.9. The number of thiazole rings is 1. The molecule has 1 aliphatic heterocycles. The van der Waals surface area contributed by atoms with E-state index < -0.39 is 5.97 Å². The van der Waals surface area contributed by atoms with Crippen molar-refractivity contribution in [2.75, 3.05) is 24.2 Å². The van der Waals surface area contributed by atoms with Gasteiger partial charge < -0.3 is 15.3 Å². The quantitative estimate of drug-likeness (QED) is 0.565. The fraction of sp³-hybridized carbons (Fsp3) is 0.353. The molecule has 1 aromatic heterocycles. The summed E-state index contributed by atoms with van der Waals surface area (Å²) in [5.41, 5.74) is 0.453. The Bertz CT molecular complexity index is 849. The zero-order chi connectivity index (χ0) is 19.4. The Morgan fingerprint density at radius 3 is 3.04 bits per heavy atom.